The van der Waals surface area contributed by atoms with E-state index in [4.69, 9.17) is 14.2 Å². The lowest BCUT2D eigenvalue weighted by molar-refractivity contribution is -0.130. The fourth-order valence-corrected chi connectivity index (χ4v) is 3.92. The van der Waals surface area contributed by atoms with E-state index in [0.717, 1.165) is 11.3 Å². The molecule has 2 aliphatic heterocycles. The van der Waals surface area contributed by atoms with E-state index in [-0.39, 0.29) is 18.1 Å². The third kappa shape index (κ3) is 3.42. The van der Waals surface area contributed by atoms with Crippen molar-refractivity contribution >= 4 is 11.7 Å². The van der Waals surface area contributed by atoms with Gasteiger partial charge in [-0.15, -0.1) is 0 Å². The van der Waals surface area contributed by atoms with Gasteiger partial charge in [0.1, 0.15) is 22.8 Å². The second-order valence-electron chi connectivity index (χ2n) is 7.34. The Morgan fingerprint density at radius 1 is 1.11 bits per heavy atom. The second kappa shape index (κ2) is 7.19. The minimum absolute atomic E-state index is 0.0320. The number of nitrogens with zero attached hydrogens (tertiary/aromatic N) is 1. The molecule has 2 aromatic rings. The molecule has 0 aliphatic carbocycles. The van der Waals surface area contributed by atoms with Gasteiger partial charge in [0.15, 0.2) is 5.78 Å². The zero-order valence-corrected chi connectivity index (χ0v) is 16.1. The number of amides is 1. The number of benzene rings is 2. The summed E-state index contributed by atoms with van der Waals surface area (Å²) in [5.41, 5.74) is 0.853. The summed E-state index contributed by atoms with van der Waals surface area (Å²) in [5, 5.41) is 0. The molecule has 1 atom stereocenters. The Hall–Kier alpha value is -3.02. The van der Waals surface area contributed by atoms with Gasteiger partial charge in [-0.3, -0.25) is 9.59 Å². The number of methoxy groups -OCH3 is 2. The maximum Gasteiger partial charge on any atom is 0.227 e. The first-order chi connectivity index (χ1) is 13.5. The minimum atomic E-state index is -0.631. The molecule has 2 aliphatic rings. The number of ether oxygens (including phenoxy) is 3. The number of fused-ring (bicyclic) bond motifs is 1. The van der Waals surface area contributed by atoms with Crippen LogP contribution in [-0.2, 0) is 11.2 Å². The lowest BCUT2D eigenvalue weighted by atomic mass is 9.89. The van der Waals surface area contributed by atoms with Crippen LogP contribution in [0.15, 0.2) is 42.5 Å². The highest BCUT2D eigenvalue weighted by molar-refractivity contribution is 6.01. The van der Waals surface area contributed by atoms with Crippen molar-refractivity contribution in [2.24, 2.45) is 0 Å². The Morgan fingerprint density at radius 2 is 1.82 bits per heavy atom. The summed E-state index contributed by atoms with van der Waals surface area (Å²) >= 11 is 0. The van der Waals surface area contributed by atoms with E-state index in [1.165, 1.54) is 0 Å². The molecule has 1 amide bonds. The molecule has 4 rings (SSSR count). The van der Waals surface area contributed by atoms with Crippen LogP contribution < -0.4 is 14.2 Å². The summed E-state index contributed by atoms with van der Waals surface area (Å²) in [4.78, 5) is 27.2. The first-order valence-electron chi connectivity index (χ1n) is 9.33. The Kier molecular flexibility index (Phi) is 4.71. The predicted octanol–water partition coefficient (Wildman–Crippen LogP) is 2.88. The lowest BCUT2D eigenvalue weighted by Gasteiger charge is -2.34. The number of ketones is 1. The van der Waals surface area contributed by atoms with Gasteiger partial charge >= 0.3 is 0 Å². The molecule has 6 heteroatoms. The normalized spacial score (nSPS) is 20.6. The number of carbonyl (C=O) groups is 2. The maximum absolute atomic E-state index is 12.7. The van der Waals surface area contributed by atoms with Crippen LogP contribution in [0, 0.1) is 0 Å². The van der Waals surface area contributed by atoms with Gasteiger partial charge in [-0.2, -0.15) is 0 Å². The predicted molar refractivity (Wildman–Crippen MR) is 103 cm³/mol. The van der Waals surface area contributed by atoms with Crippen molar-refractivity contribution in [1.82, 2.24) is 4.90 Å². The van der Waals surface area contributed by atoms with Crippen LogP contribution >= 0.6 is 0 Å². The SMILES string of the molecule is COc1ccc(CC(=O)N2CCC3(CC(=O)c4cc(OC)ccc4O3)C2)cc1. The second-order valence-corrected chi connectivity index (χ2v) is 7.34. The van der Waals surface area contributed by atoms with Crippen LogP contribution in [0.4, 0.5) is 0 Å². The fourth-order valence-electron chi connectivity index (χ4n) is 3.92. The Balaban J connectivity index is 1.45. The topological polar surface area (TPSA) is 65.1 Å². The standard InChI is InChI=1S/C22H23NO5/c1-26-16-5-3-15(4-6-16)11-21(25)23-10-9-22(14-23)13-19(24)18-12-17(27-2)7-8-20(18)28-22/h3-8,12H,9-11,13-14H2,1-2H3. The van der Waals surface area contributed by atoms with Crippen molar-refractivity contribution in [3.05, 3.63) is 53.6 Å². The van der Waals surface area contributed by atoms with Gasteiger partial charge in [0.25, 0.3) is 0 Å². The maximum atomic E-state index is 12.7. The molecular formula is C22H23NO5. The summed E-state index contributed by atoms with van der Waals surface area (Å²) in [6.45, 7) is 1.02. The van der Waals surface area contributed by atoms with E-state index in [1.807, 2.05) is 24.3 Å². The molecule has 0 aromatic heterocycles. The summed E-state index contributed by atoms with van der Waals surface area (Å²) in [6, 6.07) is 12.8. The molecular weight excluding hydrogens is 358 g/mol. The number of rotatable bonds is 4. The van der Waals surface area contributed by atoms with Gasteiger partial charge in [-0.25, -0.2) is 0 Å². The highest BCUT2D eigenvalue weighted by Crippen LogP contribution is 2.40. The smallest absolute Gasteiger partial charge is 0.227 e. The molecule has 0 bridgehead atoms. The summed E-state index contributed by atoms with van der Waals surface area (Å²) in [7, 11) is 3.18. The van der Waals surface area contributed by atoms with Gasteiger partial charge in [-0.05, 0) is 35.9 Å². The van der Waals surface area contributed by atoms with Crippen molar-refractivity contribution in [2.45, 2.75) is 24.9 Å². The fraction of sp³-hybridized carbons (Fsp3) is 0.364. The minimum Gasteiger partial charge on any atom is -0.497 e. The molecule has 1 unspecified atom stereocenters. The monoisotopic (exact) mass is 381 g/mol. The van der Waals surface area contributed by atoms with Crippen LogP contribution in [0.3, 0.4) is 0 Å². The van der Waals surface area contributed by atoms with E-state index >= 15 is 0 Å². The Morgan fingerprint density at radius 3 is 2.54 bits per heavy atom. The summed E-state index contributed by atoms with van der Waals surface area (Å²) in [6.07, 6.45) is 1.25. The number of likely N-dealkylation sites (tertiary alicyclic amines) is 1. The zero-order chi connectivity index (χ0) is 19.7. The van der Waals surface area contributed by atoms with Crippen molar-refractivity contribution in [3.8, 4) is 17.2 Å². The van der Waals surface area contributed by atoms with E-state index in [1.54, 1.807) is 37.3 Å². The third-order valence-corrected chi connectivity index (χ3v) is 5.48. The summed E-state index contributed by atoms with van der Waals surface area (Å²) in [5.74, 6) is 2.04. The van der Waals surface area contributed by atoms with Crippen LogP contribution in [0.5, 0.6) is 17.2 Å². The number of hydrogen-bond donors (Lipinski definition) is 0. The number of carbonyl (C=O) groups excluding carboxylic acids is 2. The van der Waals surface area contributed by atoms with Gasteiger partial charge in [0.05, 0.1) is 39.2 Å². The molecule has 2 heterocycles. The van der Waals surface area contributed by atoms with E-state index < -0.39 is 5.60 Å². The first-order valence-corrected chi connectivity index (χ1v) is 9.33. The number of Topliss-reactive ketones (excluding diaryl/α,β-unsaturated/α-hetero) is 1. The van der Waals surface area contributed by atoms with Crippen molar-refractivity contribution < 1.29 is 23.8 Å². The van der Waals surface area contributed by atoms with Crippen molar-refractivity contribution in [1.29, 1.82) is 0 Å². The highest BCUT2D eigenvalue weighted by Gasteiger charge is 2.46. The third-order valence-electron chi connectivity index (χ3n) is 5.48. The molecule has 0 saturated carbocycles. The number of hydrogen-bond acceptors (Lipinski definition) is 5. The van der Waals surface area contributed by atoms with Gasteiger partial charge in [-0.1, -0.05) is 12.1 Å². The van der Waals surface area contributed by atoms with Gasteiger partial charge in [0, 0.05) is 13.0 Å². The molecule has 1 saturated heterocycles. The molecule has 0 N–H and O–H groups in total. The van der Waals surface area contributed by atoms with E-state index in [9.17, 15) is 9.59 Å². The van der Waals surface area contributed by atoms with Crippen LogP contribution in [0.2, 0.25) is 0 Å². The van der Waals surface area contributed by atoms with Crippen LogP contribution in [0.25, 0.3) is 0 Å². The van der Waals surface area contributed by atoms with Crippen LogP contribution in [0.1, 0.15) is 28.8 Å². The molecule has 0 radical (unpaired) electrons. The van der Waals surface area contributed by atoms with E-state index in [2.05, 4.69) is 0 Å². The first kappa shape index (κ1) is 18.3. The largest absolute Gasteiger partial charge is 0.497 e. The Labute approximate surface area is 164 Å². The van der Waals surface area contributed by atoms with E-state index in [0.29, 0.717) is 43.0 Å². The quantitative estimate of drug-likeness (QED) is 0.815. The Bertz CT molecular complexity index is 908. The molecule has 1 spiro atoms. The lowest BCUT2D eigenvalue weighted by Crippen LogP contribution is -2.45. The average Bonchev–Trinajstić information content (AvgIpc) is 3.11. The molecule has 1 fully saturated rings. The molecule has 146 valence electrons. The van der Waals surface area contributed by atoms with Crippen molar-refractivity contribution in [3.63, 3.8) is 0 Å². The summed E-state index contributed by atoms with van der Waals surface area (Å²) < 4.78 is 16.6. The van der Waals surface area contributed by atoms with Crippen LogP contribution in [-0.4, -0.2) is 49.5 Å². The molecule has 6 nitrogen and oxygen atoms in total. The van der Waals surface area contributed by atoms with Gasteiger partial charge < -0.3 is 19.1 Å². The zero-order valence-electron chi connectivity index (χ0n) is 16.1. The van der Waals surface area contributed by atoms with Gasteiger partial charge in [0.2, 0.25) is 5.91 Å². The van der Waals surface area contributed by atoms with Crippen molar-refractivity contribution in [2.75, 3.05) is 27.3 Å². The molecule has 28 heavy (non-hydrogen) atoms. The molecule has 2 aromatic carbocycles. The average molecular weight is 381 g/mol. The highest BCUT2D eigenvalue weighted by atomic mass is 16.5.